The van der Waals surface area contributed by atoms with Crippen molar-refractivity contribution in [3.05, 3.63) is 58.5 Å². The zero-order valence-electron chi connectivity index (χ0n) is 11.9. The number of methoxy groups -OCH3 is 2. The fraction of sp³-hybridized carbons (Fsp3) is 0.125. The lowest BCUT2D eigenvalue weighted by atomic mass is 10.0. The van der Waals surface area contributed by atoms with Gasteiger partial charge in [0.2, 0.25) is 5.69 Å². The number of rotatable bonds is 3. The van der Waals surface area contributed by atoms with E-state index in [2.05, 4.69) is 0 Å². The van der Waals surface area contributed by atoms with E-state index in [0.717, 1.165) is 12.1 Å². The van der Waals surface area contributed by atoms with Gasteiger partial charge >= 0.3 is 0 Å². The number of carbonyl (C=O) groups excluding carboxylic acids is 1. The zero-order chi connectivity index (χ0) is 15.9. The monoisotopic (exact) mass is 301 g/mol. The molecule has 0 atom stereocenters. The average Bonchev–Trinajstić information content (AvgIpc) is 2.77. The molecule has 0 saturated heterocycles. The largest absolute Gasteiger partial charge is 0.618 e. The molecule has 0 radical (unpaired) electrons. The lowest BCUT2D eigenvalue weighted by Crippen LogP contribution is -2.16. The van der Waals surface area contributed by atoms with Gasteiger partial charge in [-0.3, -0.25) is 4.79 Å². The molecule has 0 bridgehead atoms. The van der Waals surface area contributed by atoms with Crippen LogP contribution < -0.4 is 9.47 Å². The first kappa shape index (κ1) is 14.1. The maximum atomic E-state index is 13.3. The number of nitrogens with zero attached hydrogens (tertiary/aromatic N) is 1. The second-order valence-corrected chi connectivity index (χ2v) is 4.70. The molecule has 0 saturated carbocycles. The lowest BCUT2D eigenvalue weighted by molar-refractivity contribution is -0.355. The molecule has 0 N–H and O–H groups in total. The number of hydrogen-bond donors (Lipinski definition) is 0. The molecule has 2 aromatic rings. The smallest absolute Gasteiger partial charge is 0.273 e. The highest BCUT2D eigenvalue weighted by atomic mass is 19.1. The highest BCUT2D eigenvalue weighted by molar-refractivity contribution is 6.52. The summed E-state index contributed by atoms with van der Waals surface area (Å²) in [7, 11) is 2.95. The number of halogens is 1. The summed E-state index contributed by atoms with van der Waals surface area (Å²) < 4.78 is 24.0. The van der Waals surface area contributed by atoms with Crippen molar-refractivity contribution in [2.45, 2.75) is 0 Å². The van der Waals surface area contributed by atoms with Crippen molar-refractivity contribution in [3.63, 3.8) is 0 Å². The maximum absolute atomic E-state index is 13.3. The molecule has 3 rings (SSSR count). The number of Topliss-reactive ketones (excluding diaryl/α,β-unsaturated/α-hetero) is 1. The van der Waals surface area contributed by atoms with Crippen LogP contribution in [0.25, 0.3) is 0 Å². The minimum absolute atomic E-state index is 0.00906. The van der Waals surface area contributed by atoms with Crippen LogP contribution in [0, 0.1) is 11.0 Å². The molecule has 5 nitrogen and oxygen atoms in total. The van der Waals surface area contributed by atoms with Gasteiger partial charge in [-0.05, 0) is 30.3 Å². The van der Waals surface area contributed by atoms with Gasteiger partial charge in [-0.2, -0.15) is 4.74 Å². The molecule has 0 unspecified atom stereocenters. The molecule has 0 aromatic heterocycles. The van der Waals surface area contributed by atoms with Gasteiger partial charge in [-0.25, -0.2) is 4.39 Å². The predicted octanol–water partition coefficient (Wildman–Crippen LogP) is 2.67. The van der Waals surface area contributed by atoms with Crippen LogP contribution in [0.2, 0.25) is 0 Å². The Bertz CT molecular complexity index is 814. The molecule has 0 spiro atoms. The van der Waals surface area contributed by atoms with Gasteiger partial charge in [-0.15, -0.1) is 0 Å². The Balaban J connectivity index is 2.15. The summed E-state index contributed by atoms with van der Waals surface area (Å²) in [6, 6.07) is 8.24. The molecule has 0 aliphatic carbocycles. The maximum Gasteiger partial charge on any atom is 0.273 e. The summed E-state index contributed by atoms with van der Waals surface area (Å²) in [5.41, 5.74) is 0.506. The van der Waals surface area contributed by atoms with E-state index in [1.54, 1.807) is 18.2 Å². The fourth-order valence-corrected chi connectivity index (χ4v) is 2.44. The quantitative estimate of drug-likeness (QED) is 0.646. The van der Waals surface area contributed by atoms with Crippen LogP contribution in [0.15, 0.2) is 36.4 Å². The normalized spacial score (nSPS) is 13.3. The first-order chi connectivity index (χ1) is 10.6. The standard InChI is InChI=1S/C16H12FNO4/c1-21-13-6-3-9(7-14(13)22-2)15-16(19)11-5-4-10(17)8-12(11)18(15)20/h3-8H,1-2H3. The number of carbonyl (C=O) groups is 1. The van der Waals surface area contributed by atoms with E-state index in [4.69, 9.17) is 9.47 Å². The van der Waals surface area contributed by atoms with Gasteiger partial charge in [0.05, 0.1) is 19.8 Å². The topological polar surface area (TPSA) is 61.6 Å². The summed E-state index contributed by atoms with van der Waals surface area (Å²) in [6.07, 6.45) is 0. The van der Waals surface area contributed by atoms with Crippen LogP contribution in [0.4, 0.5) is 10.1 Å². The molecule has 1 heterocycles. The summed E-state index contributed by atoms with van der Waals surface area (Å²) in [5, 5.41) is 12.3. The van der Waals surface area contributed by atoms with E-state index in [9.17, 15) is 14.4 Å². The van der Waals surface area contributed by atoms with Crippen LogP contribution in [-0.4, -0.2) is 30.5 Å². The van der Waals surface area contributed by atoms with Crippen molar-refractivity contribution < 1.29 is 23.4 Å². The summed E-state index contributed by atoms with van der Waals surface area (Å²) in [5.74, 6) is -0.132. The van der Waals surface area contributed by atoms with Crippen molar-refractivity contribution in [2.75, 3.05) is 14.2 Å². The van der Waals surface area contributed by atoms with Gasteiger partial charge in [-0.1, -0.05) is 0 Å². The Hall–Kier alpha value is -2.89. The van der Waals surface area contributed by atoms with Gasteiger partial charge in [0, 0.05) is 6.07 Å². The van der Waals surface area contributed by atoms with Gasteiger partial charge in [0.15, 0.2) is 11.5 Å². The average molecular weight is 301 g/mol. The number of benzene rings is 2. The third kappa shape index (κ3) is 2.00. The second kappa shape index (κ2) is 5.14. The van der Waals surface area contributed by atoms with Crippen LogP contribution in [0.1, 0.15) is 15.9 Å². The minimum Gasteiger partial charge on any atom is -0.618 e. The number of fused-ring (bicyclic) bond motifs is 1. The van der Waals surface area contributed by atoms with Crippen molar-refractivity contribution in [1.82, 2.24) is 0 Å². The minimum atomic E-state index is -0.569. The highest BCUT2D eigenvalue weighted by Gasteiger charge is 2.37. The van der Waals surface area contributed by atoms with E-state index < -0.39 is 11.6 Å². The first-order valence-corrected chi connectivity index (χ1v) is 6.47. The van der Waals surface area contributed by atoms with E-state index in [1.807, 2.05) is 0 Å². The van der Waals surface area contributed by atoms with E-state index in [0.29, 0.717) is 21.8 Å². The van der Waals surface area contributed by atoms with E-state index in [-0.39, 0.29) is 17.0 Å². The Labute approximate surface area is 125 Å². The first-order valence-electron chi connectivity index (χ1n) is 6.47. The molecular weight excluding hydrogens is 289 g/mol. The Morgan fingerprint density at radius 3 is 2.45 bits per heavy atom. The van der Waals surface area contributed by atoms with Gasteiger partial charge in [0.1, 0.15) is 11.4 Å². The molecule has 112 valence electrons. The van der Waals surface area contributed by atoms with Crippen molar-refractivity contribution in [3.8, 4) is 11.5 Å². The molecule has 22 heavy (non-hydrogen) atoms. The number of ketones is 1. The van der Waals surface area contributed by atoms with Crippen LogP contribution >= 0.6 is 0 Å². The van der Waals surface area contributed by atoms with Crippen LogP contribution in [-0.2, 0) is 0 Å². The molecule has 0 fully saturated rings. The molecule has 6 heteroatoms. The van der Waals surface area contributed by atoms with Crippen LogP contribution in [0.3, 0.4) is 0 Å². The Morgan fingerprint density at radius 2 is 1.77 bits per heavy atom. The van der Waals surface area contributed by atoms with Gasteiger partial charge in [0.25, 0.3) is 11.5 Å². The van der Waals surface area contributed by atoms with Crippen molar-refractivity contribution >= 4 is 17.2 Å². The SMILES string of the molecule is COc1ccc(C2=[N+]([O-])c3cc(F)ccc3C2=O)cc1OC. The third-order valence-corrected chi connectivity index (χ3v) is 3.50. The molecule has 0 amide bonds. The van der Waals surface area contributed by atoms with E-state index >= 15 is 0 Å². The van der Waals surface area contributed by atoms with Gasteiger partial charge < -0.3 is 14.7 Å². The molecule has 1 aliphatic heterocycles. The Kier molecular flexibility index (Phi) is 3.29. The highest BCUT2D eigenvalue weighted by Crippen LogP contribution is 2.32. The number of hydrogen-bond acceptors (Lipinski definition) is 4. The van der Waals surface area contributed by atoms with Crippen molar-refractivity contribution in [2.24, 2.45) is 0 Å². The molecule has 2 aromatic carbocycles. The summed E-state index contributed by atoms with van der Waals surface area (Å²) in [6.45, 7) is 0. The zero-order valence-corrected chi connectivity index (χ0v) is 11.9. The fourth-order valence-electron chi connectivity index (χ4n) is 2.44. The van der Waals surface area contributed by atoms with Crippen LogP contribution in [0.5, 0.6) is 11.5 Å². The Morgan fingerprint density at radius 1 is 1.05 bits per heavy atom. The second-order valence-electron chi connectivity index (χ2n) is 4.70. The van der Waals surface area contributed by atoms with E-state index in [1.165, 1.54) is 20.3 Å². The third-order valence-electron chi connectivity index (χ3n) is 3.50. The van der Waals surface area contributed by atoms with Crippen molar-refractivity contribution in [1.29, 1.82) is 0 Å². The number of ether oxygens (including phenoxy) is 2. The summed E-state index contributed by atoms with van der Waals surface area (Å²) >= 11 is 0. The molecule has 1 aliphatic rings. The predicted molar refractivity (Wildman–Crippen MR) is 77.7 cm³/mol. The molecular formula is C16H12FNO4. The lowest BCUT2D eigenvalue weighted by Gasteiger charge is -2.08. The summed E-state index contributed by atoms with van der Waals surface area (Å²) in [4.78, 5) is 12.4.